The Balaban J connectivity index is 3.93. The zero-order chi connectivity index (χ0) is 14.8. The summed E-state index contributed by atoms with van der Waals surface area (Å²) in [5.74, 6) is -0.720. The number of nitrogens with one attached hydrogen (secondary N) is 1. The standard InChI is InChI=1S/C10H18N2O7/c1-7(2)8(3-4-9(13)14)5-11-10(15)18-6-19-12(16)17/h7-8H,3-6H2,1-2H3,(H,11,15)(H,13,14). The monoisotopic (exact) mass is 278 g/mol. The van der Waals surface area contributed by atoms with Gasteiger partial charge in [-0.3, -0.25) is 9.63 Å². The first-order chi connectivity index (χ1) is 8.82. The molecule has 0 aliphatic heterocycles. The lowest BCUT2D eigenvalue weighted by Crippen LogP contribution is -2.32. The summed E-state index contributed by atoms with van der Waals surface area (Å²) < 4.78 is 4.38. The van der Waals surface area contributed by atoms with Crippen LogP contribution in [0.15, 0.2) is 0 Å². The molecule has 9 nitrogen and oxygen atoms in total. The van der Waals surface area contributed by atoms with Crippen LogP contribution in [0.3, 0.4) is 0 Å². The minimum absolute atomic E-state index is 0.0138. The second kappa shape index (κ2) is 8.95. The summed E-state index contributed by atoms with van der Waals surface area (Å²) in [7, 11) is 0. The van der Waals surface area contributed by atoms with Gasteiger partial charge in [-0.1, -0.05) is 13.8 Å². The van der Waals surface area contributed by atoms with Gasteiger partial charge in [-0.25, -0.2) is 4.79 Å². The molecule has 9 heteroatoms. The van der Waals surface area contributed by atoms with Crippen molar-refractivity contribution in [3.63, 3.8) is 0 Å². The van der Waals surface area contributed by atoms with Gasteiger partial charge in [0.05, 0.1) is 0 Å². The quantitative estimate of drug-likeness (QED) is 0.366. The highest BCUT2D eigenvalue weighted by atomic mass is 17.0. The minimum atomic E-state index is -1.07. The number of aliphatic carboxylic acids is 1. The van der Waals surface area contributed by atoms with Gasteiger partial charge in [-0.15, -0.1) is 10.1 Å². The summed E-state index contributed by atoms with van der Waals surface area (Å²) in [5, 5.41) is 19.7. The molecule has 0 rings (SSSR count). The Bertz CT molecular complexity index is 319. The molecule has 19 heavy (non-hydrogen) atoms. The highest BCUT2D eigenvalue weighted by Crippen LogP contribution is 2.16. The number of carbonyl (C=O) groups is 2. The van der Waals surface area contributed by atoms with Crippen molar-refractivity contribution in [2.75, 3.05) is 13.3 Å². The number of carbonyl (C=O) groups excluding carboxylic acids is 1. The van der Waals surface area contributed by atoms with Crippen molar-refractivity contribution < 1.29 is 29.4 Å². The second-order valence-electron chi connectivity index (χ2n) is 4.22. The molecular formula is C10H18N2O7. The molecular weight excluding hydrogens is 260 g/mol. The van der Waals surface area contributed by atoms with E-state index in [1.165, 1.54) is 0 Å². The molecule has 110 valence electrons. The van der Waals surface area contributed by atoms with Crippen LogP contribution in [0, 0.1) is 22.0 Å². The van der Waals surface area contributed by atoms with Crippen LogP contribution in [0.2, 0.25) is 0 Å². The van der Waals surface area contributed by atoms with E-state index in [2.05, 4.69) is 14.9 Å². The van der Waals surface area contributed by atoms with Crippen molar-refractivity contribution in [2.24, 2.45) is 11.8 Å². The van der Waals surface area contributed by atoms with Gasteiger partial charge in [0.25, 0.3) is 5.09 Å². The first-order valence-electron chi connectivity index (χ1n) is 5.72. The number of ether oxygens (including phenoxy) is 1. The molecule has 0 aliphatic rings. The van der Waals surface area contributed by atoms with E-state index in [0.29, 0.717) is 6.42 Å². The summed E-state index contributed by atoms with van der Waals surface area (Å²) in [5.41, 5.74) is 0. The van der Waals surface area contributed by atoms with E-state index in [4.69, 9.17) is 5.11 Å². The first-order valence-corrected chi connectivity index (χ1v) is 5.72. The molecule has 0 spiro atoms. The van der Waals surface area contributed by atoms with Crippen LogP contribution in [-0.2, 0) is 14.4 Å². The number of amides is 1. The summed E-state index contributed by atoms with van der Waals surface area (Å²) >= 11 is 0. The lowest BCUT2D eigenvalue weighted by atomic mass is 9.91. The molecule has 0 aromatic heterocycles. The molecule has 0 saturated carbocycles. The Morgan fingerprint density at radius 1 is 1.42 bits per heavy atom. The van der Waals surface area contributed by atoms with Crippen LogP contribution in [0.5, 0.6) is 0 Å². The predicted octanol–water partition coefficient (Wildman–Crippen LogP) is 1.02. The maximum absolute atomic E-state index is 11.1. The van der Waals surface area contributed by atoms with E-state index in [0.717, 1.165) is 0 Å². The number of alkyl carbamates (subject to hydrolysis) is 1. The van der Waals surface area contributed by atoms with Crippen LogP contribution in [0.1, 0.15) is 26.7 Å². The first kappa shape index (κ1) is 16.9. The fraction of sp³-hybridized carbons (Fsp3) is 0.800. The summed E-state index contributed by atoms with van der Waals surface area (Å²) in [6, 6.07) is 0. The highest BCUT2D eigenvalue weighted by molar-refractivity contribution is 5.67. The lowest BCUT2D eigenvalue weighted by molar-refractivity contribution is -0.765. The normalized spacial score (nSPS) is 11.7. The molecule has 0 heterocycles. The van der Waals surface area contributed by atoms with Gasteiger partial charge in [0.2, 0.25) is 6.79 Å². The van der Waals surface area contributed by atoms with Gasteiger partial charge in [0.15, 0.2) is 0 Å². The van der Waals surface area contributed by atoms with Gasteiger partial charge in [-0.05, 0) is 18.3 Å². The van der Waals surface area contributed by atoms with E-state index >= 15 is 0 Å². The summed E-state index contributed by atoms with van der Waals surface area (Å²) in [4.78, 5) is 35.2. The number of nitrogens with zero attached hydrogens (tertiary/aromatic N) is 1. The number of carboxylic acids is 1. The fourth-order valence-corrected chi connectivity index (χ4v) is 1.37. The third-order valence-corrected chi connectivity index (χ3v) is 2.53. The van der Waals surface area contributed by atoms with E-state index in [1.54, 1.807) is 0 Å². The molecule has 0 bridgehead atoms. The van der Waals surface area contributed by atoms with Crippen molar-refractivity contribution in [3.05, 3.63) is 10.1 Å². The minimum Gasteiger partial charge on any atom is -0.481 e. The molecule has 1 atom stereocenters. The van der Waals surface area contributed by atoms with Crippen LogP contribution in [0.25, 0.3) is 0 Å². The molecule has 1 amide bonds. The topological polar surface area (TPSA) is 128 Å². The number of rotatable bonds is 9. The fourth-order valence-electron chi connectivity index (χ4n) is 1.37. The Labute approximate surface area is 110 Å². The maximum atomic E-state index is 11.1. The Kier molecular flexibility index (Phi) is 7.98. The average Bonchev–Trinajstić information content (AvgIpc) is 2.27. The number of hydrogen-bond donors (Lipinski definition) is 2. The summed E-state index contributed by atoms with van der Waals surface area (Å²) in [6.45, 7) is 3.29. The van der Waals surface area contributed by atoms with E-state index in [9.17, 15) is 19.7 Å². The average molecular weight is 278 g/mol. The van der Waals surface area contributed by atoms with E-state index in [-0.39, 0.29) is 24.8 Å². The third kappa shape index (κ3) is 9.62. The molecule has 2 N–H and O–H groups in total. The highest BCUT2D eigenvalue weighted by Gasteiger charge is 2.16. The Morgan fingerprint density at radius 2 is 2.05 bits per heavy atom. The Morgan fingerprint density at radius 3 is 2.53 bits per heavy atom. The van der Waals surface area contributed by atoms with Crippen molar-refractivity contribution in [2.45, 2.75) is 26.7 Å². The Hall–Kier alpha value is -2.06. The zero-order valence-corrected chi connectivity index (χ0v) is 10.8. The van der Waals surface area contributed by atoms with E-state index < -0.39 is 23.9 Å². The van der Waals surface area contributed by atoms with Crippen LogP contribution >= 0.6 is 0 Å². The summed E-state index contributed by atoms with van der Waals surface area (Å²) in [6.07, 6.45) is -0.397. The van der Waals surface area contributed by atoms with Crippen LogP contribution in [-0.4, -0.2) is 35.6 Å². The molecule has 0 saturated heterocycles. The maximum Gasteiger partial charge on any atom is 0.409 e. The van der Waals surface area contributed by atoms with Crippen molar-refractivity contribution in [3.8, 4) is 0 Å². The molecule has 0 radical (unpaired) electrons. The van der Waals surface area contributed by atoms with Gasteiger partial charge in [0.1, 0.15) is 0 Å². The number of carboxylic acid groups (broad SMARTS) is 1. The largest absolute Gasteiger partial charge is 0.481 e. The van der Waals surface area contributed by atoms with Gasteiger partial charge < -0.3 is 15.2 Å². The molecule has 0 aliphatic carbocycles. The SMILES string of the molecule is CC(C)C(CCC(=O)O)CNC(=O)OCO[N+](=O)[O-]. The molecule has 0 fully saturated rings. The van der Waals surface area contributed by atoms with Crippen molar-refractivity contribution in [1.82, 2.24) is 5.32 Å². The van der Waals surface area contributed by atoms with Crippen molar-refractivity contribution >= 4 is 12.1 Å². The smallest absolute Gasteiger partial charge is 0.409 e. The van der Waals surface area contributed by atoms with Crippen molar-refractivity contribution in [1.29, 1.82) is 0 Å². The van der Waals surface area contributed by atoms with E-state index in [1.807, 2.05) is 13.8 Å². The van der Waals surface area contributed by atoms with Crippen LogP contribution in [0.4, 0.5) is 4.79 Å². The van der Waals surface area contributed by atoms with Gasteiger partial charge in [0, 0.05) is 13.0 Å². The van der Waals surface area contributed by atoms with Crippen LogP contribution < -0.4 is 5.32 Å². The van der Waals surface area contributed by atoms with Gasteiger partial charge in [-0.2, -0.15) is 0 Å². The van der Waals surface area contributed by atoms with Gasteiger partial charge >= 0.3 is 12.1 Å². The third-order valence-electron chi connectivity index (χ3n) is 2.53. The second-order valence-corrected chi connectivity index (χ2v) is 4.22. The zero-order valence-electron chi connectivity index (χ0n) is 10.8. The molecule has 0 aromatic rings. The molecule has 1 unspecified atom stereocenters. The molecule has 0 aromatic carbocycles. The lowest BCUT2D eigenvalue weighted by Gasteiger charge is -2.20. The predicted molar refractivity (Wildman–Crippen MR) is 62.6 cm³/mol. The number of hydrogen-bond acceptors (Lipinski definition) is 6.